The maximum absolute atomic E-state index is 11.3. The molecule has 166 valence electrons. The highest BCUT2D eigenvalue weighted by molar-refractivity contribution is 6.00. The number of carboxylic acid groups (broad SMARTS) is 1. The monoisotopic (exact) mass is 416 g/mol. The van der Waals surface area contributed by atoms with Gasteiger partial charge in [-0.15, -0.1) is 0 Å². The first kappa shape index (κ1) is 24.1. The summed E-state index contributed by atoms with van der Waals surface area (Å²) in [5, 5.41) is 9.32. The Kier molecular flexibility index (Phi) is 9.53. The van der Waals surface area contributed by atoms with E-state index in [-0.39, 0.29) is 12.0 Å². The van der Waals surface area contributed by atoms with Crippen LogP contribution >= 0.6 is 0 Å². The molecule has 1 N–H and O–H groups in total. The molecule has 3 unspecified atom stereocenters. The smallest absolute Gasteiger partial charge is 0.320 e. The zero-order valence-corrected chi connectivity index (χ0v) is 18.9. The number of aliphatic imine (C=N–C) groups is 1. The summed E-state index contributed by atoms with van der Waals surface area (Å²) in [6.07, 6.45) is 4.71. The predicted octanol–water partition coefficient (Wildman–Crippen LogP) is 4.15. The predicted molar refractivity (Wildman–Crippen MR) is 121 cm³/mol. The lowest BCUT2D eigenvalue weighted by atomic mass is 9.91. The minimum absolute atomic E-state index is 0.191. The van der Waals surface area contributed by atoms with Crippen molar-refractivity contribution in [2.75, 3.05) is 33.9 Å². The molecule has 6 nitrogen and oxygen atoms in total. The Labute approximate surface area is 180 Å². The van der Waals surface area contributed by atoms with Crippen LogP contribution in [-0.4, -0.2) is 67.7 Å². The Morgan fingerprint density at radius 2 is 2.10 bits per heavy atom. The SMILES string of the molecule is CCC(C=C(C)c1ccc(OCCC2COCCC2N(C)C(C)C(=O)O)cc1)=NC. The van der Waals surface area contributed by atoms with E-state index in [1.807, 2.05) is 31.1 Å². The van der Waals surface area contributed by atoms with E-state index in [4.69, 9.17) is 9.47 Å². The van der Waals surface area contributed by atoms with Crippen LogP contribution in [0.3, 0.4) is 0 Å². The number of hydrogen-bond acceptors (Lipinski definition) is 5. The molecule has 6 heteroatoms. The molecule has 1 aliphatic heterocycles. The Morgan fingerprint density at radius 3 is 2.70 bits per heavy atom. The molecule has 0 radical (unpaired) electrons. The second kappa shape index (κ2) is 11.9. The fraction of sp³-hybridized carbons (Fsp3) is 0.583. The summed E-state index contributed by atoms with van der Waals surface area (Å²) < 4.78 is 11.6. The van der Waals surface area contributed by atoms with Crippen LogP contribution in [0.25, 0.3) is 5.57 Å². The van der Waals surface area contributed by atoms with Crippen molar-refractivity contribution in [2.45, 2.75) is 52.1 Å². The van der Waals surface area contributed by atoms with Crippen LogP contribution in [-0.2, 0) is 9.53 Å². The number of rotatable bonds is 10. The van der Waals surface area contributed by atoms with Crippen LogP contribution in [0.1, 0.15) is 45.6 Å². The van der Waals surface area contributed by atoms with Crippen LogP contribution in [0.15, 0.2) is 35.3 Å². The second-order valence-corrected chi connectivity index (χ2v) is 7.93. The van der Waals surface area contributed by atoms with Gasteiger partial charge in [-0.3, -0.25) is 14.7 Å². The Balaban J connectivity index is 1.91. The highest BCUT2D eigenvalue weighted by atomic mass is 16.5. The van der Waals surface area contributed by atoms with E-state index in [0.29, 0.717) is 19.8 Å². The van der Waals surface area contributed by atoms with Crippen LogP contribution < -0.4 is 4.74 Å². The van der Waals surface area contributed by atoms with Gasteiger partial charge in [-0.05, 0) is 69.5 Å². The topological polar surface area (TPSA) is 71.4 Å². The van der Waals surface area contributed by atoms with Gasteiger partial charge in [0.05, 0.1) is 13.2 Å². The van der Waals surface area contributed by atoms with Gasteiger partial charge in [-0.25, -0.2) is 0 Å². The van der Waals surface area contributed by atoms with E-state index < -0.39 is 12.0 Å². The van der Waals surface area contributed by atoms with Crippen molar-refractivity contribution >= 4 is 17.3 Å². The summed E-state index contributed by atoms with van der Waals surface area (Å²) in [4.78, 5) is 17.6. The summed E-state index contributed by atoms with van der Waals surface area (Å²) in [6, 6.07) is 7.81. The number of carbonyl (C=O) groups is 1. The molecular formula is C24H36N2O4. The van der Waals surface area contributed by atoms with Gasteiger partial charge in [0.25, 0.3) is 0 Å². The fourth-order valence-corrected chi connectivity index (χ4v) is 3.86. The van der Waals surface area contributed by atoms with Crippen molar-refractivity contribution < 1.29 is 19.4 Å². The van der Waals surface area contributed by atoms with E-state index in [1.54, 1.807) is 6.92 Å². The summed E-state index contributed by atoms with van der Waals surface area (Å²) in [6.45, 7) is 7.83. The maximum Gasteiger partial charge on any atom is 0.320 e. The molecule has 1 heterocycles. The molecule has 0 bridgehead atoms. The minimum atomic E-state index is -0.792. The number of nitrogens with zero attached hydrogens (tertiary/aromatic N) is 2. The van der Waals surface area contributed by atoms with Crippen molar-refractivity contribution in [1.29, 1.82) is 0 Å². The van der Waals surface area contributed by atoms with Gasteiger partial charge < -0.3 is 14.6 Å². The second-order valence-electron chi connectivity index (χ2n) is 7.93. The van der Waals surface area contributed by atoms with Crippen molar-refractivity contribution in [3.8, 4) is 5.75 Å². The van der Waals surface area contributed by atoms with Crippen molar-refractivity contribution in [3.05, 3.63) is 35.9 Å². The third-order valence-corrected chi connectivity index (χ3v) is 6.03. The molecule has 30 heavy (non-hydrogen) atoms. The number of benzene rings is 1. The average molecular weight is 417 g/mol. The van der Waals surface area contributed by atoms with E-state index in [2.05, 4.69) is 37.0 Å². The Bertz CT molecular complexity index is 742. The normalized spacial score (nSPS) is 21.5. The molecule has 1 aromatic rings. The minimum Gasteiger partial charge on any atom is -0.494 e. The zero-order chi connectivity index (χ0) is 22.1. The lowest BCUT2D eigenvalue weighted by Crippen LogP contribution is -2.50. The number of hydrogen-bond donors (Lipinski definition) is 1. The molecule has 3 atom stereocenters. The van der Waals surface area contributed by atoms with Crippen molar-refractivity contribution in [3.63, 3.8) is 0 Å². The Hall–Kier alpha value is -2.18. The molecule has 1 aromatic carbocycles. The van der Waals surface area contributed by atoms with Gasteiger partial charge in [0.15, 0.2) is 0 Å². The lowest BCUT2D eigenvalue weighted by Gasteiger charge is -2.39. The molecule has 0 spiro atoms. The molecule has 1 aliphatic rings. The molecule has 0 saturated carbocycles. The highest BCUT2D eigenvalue weighted by Gasteiger charge is 2.33. The quantitative estimate of drug-likeness (QED) is 0.580. The fourth-order valence-electron chi connectivity index (χ4n) is 3.86. The third-order valence-electron chi connectivity index (χ3n) is 6.03. The molecular weight excluding hydrogens is 380 g/mol. The van der Waals surface area contributed by atoms with Gasteiger partial charge in [-0.1, -0.05) is 19.1 Å². The molecule has 0 amide bonds. The zero-order valence-electron chi connectivity index (χ0n) is 18.9. The summed E-state index contributed by atoms with van der Waals surface area (Å²) >= 11 is 0. The number of aliphatic carboxylic acids is 1. The van der Waals surface area contributed by atoms with Crippen LogP contribution in [0.2, 0.25) is 0 Å². The maximum atomic E-state index is 11.3. The molecule has 0 aliphatic carbocycles. The number of likely N-dealkylation sites (N-methyl/N-ethyl adjacent to an activating group) is 1. The van der Waals surface area contributed by atoms with E-state index >= 15 is 0 Å². The first-order valence-corrected chi connectivity index (χ1v) is 10.8. The summed E-state index contributed by atoms with van der Waals surface area (Å²) in [7, 11) is 3.71. The van der Waals surface area contributed by atoms with Crippen LogP contribution in [0.4, 0.5) is 0 Å². The largest absolute Gasteiger partial charge is 0.494 e. The lowest BCUT2D eigenvalue weighted by molar-refractivity contribution is -0.144. The molecule has 2 rings (SSSR count). The average Bonchev–Trinajstić information content (AvgIpc) is 2.77. The van der Waals surface area contributed by atoms with Crippen molar-refractivity contribution in [2.24, 2.45) is 10.9 Å². The summed E-state index contributed by atoms with van der Waals surface area (Å²) in [5.74, 6) is 0.308. The van der Waals surface area contributed by atoms with E-state index in [1.165, 1.54) is 5.57 Å². The van der Waals surface area contributed by atoms with E-state index in [0.717, 1.165) is 36.3 Å². The molecule has 1 fully saturated rings. The molecule has 0 aromatic heterocycles. The standard InChI is InChI=1S/C24H36N2O4/c1-6-21(25-4)15-17(2)19-7-9-22(10-8-19)30-14-11-20-16-29-13-12-23(20)26(5)18(3)24(27)28/h7-10,15,18,20,23H,6,11-14,16H2,1-5H3,(H,27,28). The summed E-state index contributed by atoms with van der Waals surface area (Å²) in [5.41, 5.74) is 3.42. The van der Waals surface area contributed by atoms with Gasteiger partial charge in [0.1, 0.15) is 11.8 Å². The van der Waals surface area contributed by atoms with Gasteiger partial charge in [0.2, 0.25) is 0 Å². The third kappa shape index (κ3) is 6.67. The van der Waals surface area contributed by atoms with Gasteiger partial charge >= 0.3 is 5.97 Å². The van der Waals surface area contributed by atoms with Gasteiger partial charge in [-0.2, -0.15) is 0 Å². The van der Waals surface area contributed by atoms with Gasteiger partial charge in [0, 0.05) is 31.3 Å². The number of allylic oxidation sites excluding steroid dienone is 2. The van der Waals surface area contributed by atoms with Crippen molar-refractivity contribution in [1.82, 2.24) is 4.90 Å². The number of ether oxygens (including phenoxy) is 2. The first-order valence-electron chi connectivity index (χ1n) is 10.8. The van der Waals surface area contributed by atoms with Crippen LogP contribution in [0.5, 0.6) is 5.75 Å². The highest BCUT2D eigenvalue weighted by Crippen LogP contribution is 2.25. The number of carboxylic acids is 1. The molecule has 1 saturated heterocycles. The Morgan fingerprint density at radius 1 is 1.40 bits per heavy atom. The first-order chi connectivity index (χ1) is 14.4. The van der Waals surface area contributed by atoms with Crippen LogP contribution in [0, 0.1) is 5.92 Å². The van der Waals surface area contributed by atoms with E-state index in [9.17, 15) is 9.90 Å².